The van der Waals surface area contributed by atoms with Crippen LogP contribution in [-0.2, 0) is 11.2 Å². The number of nitrogens with zero attached hydrogens (tertiary/aromatic N) is 1. The standard InChI is InChI=1S/C20H21NO2/c1-13-4-5-19-12-18(10-11-20(19)21(13)15(3)23)17-8-6-16(7-9-17)14(2)22/h6-13H,4-5H2,1-3H3. The second kappa shape index (κ2) is 5.99. The van der Waals surface area contributed by atoms with E-state index in [2.05, 4.69) is 19.1 Å². The number of fused-ring (bicyclic) bond motifs is 1. The first kappa shape index (κ1) is 15.5. The van der Waals surface area contributed by atoms with Crippen molar-refractivity contribution >= 4 is 17.4 Å². The minimum atomic E-state index is 0.0769. The second-order valence-corrected chi connectivity index (χ2v) is 6.25. The molecule has 2 aromatic carbocycles. The molecular weight excluding hydrogens is 286 g/mol. The molecule has 0 aromatic heterocycles. The number of ketones is 1. The van der Waals surface area contributed by atoms with Crippen LogP contribution in [0.2, 0.25) is 0 Å². The summed E-state index contributed by atoms with van der Waals surface area (Å²) in [5.41, 5.74) is 5.18. The minimum Gasteiger partial charge on any atom is -0.310 e. The van der Waals surface area contributed by atoms with Crippen LogP contribution in [0.25, 0.3) is 11.1 Å². The van der Waals surface area contributed by atoms with Crippen LogP contribution in [0.5, 0.6) is 0 Å². The molecule has 1 heterocycles. The van der Waals surface area contributed by atoms with Crippen molar-refractivity contribution in [2.45, 2.75) is 39.7 Å². The minimum absolute atomic E-state index is 0.0769. The van der Waals surface area contributed by atoms with Gasteiger partial charge in [0.25, 0.3) is 0 Å². The zero-order valence-corrected chi connectivity index (χ0v) is 13.8. The maximum absolute atomic E-state index is 11.9. The van der Waals surface area contributed by atoms with Crippen LogP contribution < -0.4 is 4.90 Å². The van der Waals surface area contributed by atoms with Gasteiger partial charge in [0.1, 0.15) is 0 Å². The van der Waals surface area contributed by atoms with Gasteiger partial charge in [0.05, 0.1) is 0 Å². The number of amides is 1. The van der Waals surface area contributed by atoms with E-state index in [-0.39, 0.29) is 17.7 Å². The van der Waals surface area contributed by atoms with Crippen molar-refractivity contribution in [3.8, 4) is 11.1 Å². The Bertz CT molecular complexity index is 762. The van der Waals surface area contributed by atoms with Crippen molar-refractivity contribution in [2.75, 3.05) is 4.90 Å². The van der Waals surface area contributed by atoms with E-state index < -0.39 is 0 Å². The van der Waals surface area contributed by atoms with Crippen LogP contribution >= 0.6 is 0 Å². The highest BCUT2D eigenvalue weighted by atomic mass is 16.2. The average molecular weight is 307 g/mol. The van der Waals surface area contributed by atoms with E-state index in [0.717, 1.165) is 35.2 Å². The summed E-state index contributed by atoms with van der Waals surface area (Å²) in [5.74, 6) is 0.171. The third-order valence-electron chi connectivity index (χ3n) is 4.58. The Morgan fingerprint density at radius 2 is 1.65 bits per heavy atom. The lowest BCUT2D eigenvalue weighted by Gasteiger charge is -2.34. The number of rotatable bonds is 2. The number of Topliss-reactive ketones (excluding diaryl/α,β-unsaturated/α-hetero) is 1. The van der Waals surface area contributed by atoms with Crippen molar-refractivity contribution in [2.24, 2.45) is 0 Å². The van der Waals surface area contributed by atoms with Crippen molar-refractivity contribution in [3.05, 3.63) is 53.6 Å². The lowest BCUT2D eigenvalue weighted by atomic mass is 9.93. The molecule has 0 saturated heterocycles. The highest BCUT2D eigenvalue weighted by molar-refractivity contribution is 5.95. The normalized spacial score (nSPS) is 16.8. The summed E-state index contributed by atoms with van der Waals surface area (Å²) in [6.07, 6.45) is 1.97. The molecule has 1 unspecified atom stereocenters. The Kier molecular flexibility index (Phi) is 4.03. The number of carbonyl (C=O) groups is 2. The molecule has 3 heteroatoms. The van der Waals surface area contributed by atoms with Gasteiger partial charge >= 0.3 is 0 Å². The van der Waals surface area contributed by atoms with Crippen LogP contribution in [0.15, 0.2) is 42.5 Å². The van der Waals surface area contributed by atoms with Crippen molar-refractivity contribution in [3.63, 3.8) is 0 Å². The van der Waals surface area contributed by atoms with Gasteiger partial charge in [-0.15, -0.1) is 0 Å². The zero-order valence-electron chi connectivity index (χ0n) is 13.8. The lowest BCUT2D eigenvalue weighted by Crippen LogP contribution is -2.40. The van der Waals surface area contributed by atoms with Gasteiger partial charge in [0.2, 0.25) is 5.91 Å². The van der Waals surface area contributed by atoms with E-state index in [1.165, 1.54) is 5.56 Å². The van der Waals surface area contributed by atoms with Gasteiger partial charge < -0.3 is 4.90 Å². The summed E-state index contributed by atoms with van der Waals surface area (Å²) < 4.78 is 0. The Morgan fingerprint density at radius 3 is 2.26 bits per heavy atom. The molecule has 3 nitrogen and oxygen atoms in total. The summed E-state index contributed by atoms with van der Waals surface area (Å²) in [6.45, 7) is 5.30. The van der Waals surface area contributed by atoms with Gasteiger partial charge in [-0.2, -0.15) is 0 Å². The molecule has 1 aliphatic rings. The molecule has 23 heavy (non-hydrogen) atoms. The third kappa shape index (κ3) is 2.91. The molecule has 0 bridgehead atoms. The monoisotopic (exact) mass is 307 g/mol. The van der Waals surface area contributed by atoms with Gasteiger partial charge in [0.15, 0.2) is 5.78 Å². The molecule has 2 aromatic rings. The van der Waals surface area contributed by atoms with Gasteiger partial charge in [-0.25, -0.2) is 0 Å². The molecule has 0 spiro atoms. The summed E-state index contributed by atoms with van der Waals surface area (Å²) in [5, 5.41) is 0. The zero-order chi connectivity index (χ0) is 16.6. The Labute approximate surface area is 136 Å². The number of hydrogen-bond donors (Lipinski definition) is 0. The number of hydrogen-bond acceptors (Lipinski definition) is 2. The second-order valence-electron chi connectivity index (χ2n) is 6.25. The smallest absolute Gasteiger partial charge is 0.224 e. The molecular formula is C20H21NO2. The summed E-state index contributed by atoms with van der Waals surface area (Å²) in [6, 6.07) is 14.2. The Balaban J connectivity index is 1.98. The SMILES string of the molecule is CC(=O)c1ccc(-c2ccc3c(c2)CCC(C)N3C(C)=O)cc1. The maximum Gasteiger partial charge on any atom is 0.224 e. The molecule has 1 aliphatic heterocycles. The molecule has 0 N–H and O–H groups in total. The lowest BCUT2D eigenvalue weighted by molar-refractivity contribution is -0.117. The van der Waals surface area contributed by atoms with Gasteiger partial charge in [-0.05, 0) is 55.5 Å². The fourth-order valence-corrected chi connectivity index (χ4v) is 3.31. The predicted molar refractivity (Wildman–Crippen MR) is 92.8 cm³/mol. The molecule has 1 atom stereocenters. The fraction of sp³-hybridized carbons (Fsp3) is 0.300. The van der Waals surface area contributed by atoms with Crippen LogP contribution in [0.4, 0.5) is 5.69 Å². The van der Waals surface area contributed by atoms with Crippen molar-refractivity contribution in [1.29, 1.82) is 0 Å². The molecule has 118 valence electrons. The van der Waals surface area contributed by atoms with E-state index in [0.29, 0.717) is 0 Å². The van der Waals surface area contributed by atoms with E-state index in [1.807, 2.05) is 35.2 Å². The summed E-state index contributed by atoms with van der Waals surface area (Å²) >= 11 is 0. The Morgan fingerprint density at radius 1 is 1.00 bits per heavy atom. The third-order valence-corrected chi connectivity index (χ3v) is 4.58. The fourth-order valence-electron chi connectivity index (χ4n) is 3.31. The summed E-state index contributed by atoms with van der Waals surface area (Å²) in [4.78, 5) is 25.2. The first-order valence-corrected chi connectivity index (χ1v) is 8.01. The highest BCUT2D eigenvalue weighted by Gasteiger charge is 2.26. The molecule has 0 aliphatic carbocycles. The Hall–Kier alpha value is -2.42. The van der Waals surface area contributed by atoms with E-state index in [9.17, 15) is 9.59 Å². The quantitative estimate of drug-likeness (QED) is 0.778. The topological polar surface area (TPSA) is 37.4 Å². The van der Waals surface area contributed by atoms with Gasteiger partial charge in [-0.1, -0.05) is 30.3 Å². The number of carbonyl (C=O) groups excluding carboxylic acids is 2. The van der Waals surface area contributed by atoms with Gasteiger partial charge in [-0.3, -0.25) is 9.59 Å². The first-order chi connectivity index (χ1) is 11.0. The average Bonchev–Trinajstić information content (AvgIpc) is 2.54. The van der Waals surface area contributed by atoms with Crippen LogP contribution in [0.3, 0.4) is 0 Å². The predicted octanol–water partition coefficient (Wildman–Crippen LogP) is 4.24. The van der Waals surface area contributed by atoms with E-state index in [1.54, 1.807) is 13.8 Å². The van der Waals surface area contributed by atoms with Crippen LogP contribution in [-0.4, -0.2) is 17.7 Å². The number of anilines is 1. The molecule has 0 radical (unpaired) electrons. The molecule has 3 rings (SSSR count). The van der Waals surface area contributed by atoms with Crippen LogP contribution in [0.1, 0.15) is 43.1 Å². The number of aryl methyl sites for hydroxylation is 1. The van der Waals surface area contributed by atoms with Crippen molar-refractivity contribution in [1.82, 2.24) is 0 Å². The van der Waals surface area contributed by atoms with Gasteiger partial charge in [0, 0.05) is 24.2 Å². The van der Waals surface area contributed by atoms with Crippen LogP contribution in [0, 0.1) is 0 Å². The largest absolute Gasteiger partial charge is 0.310 e. The van der Waals surface area contributed by atoms with E-state index >= 15 is 0 Å². The van der Waals surface area contributed by atoms with E-state index in [4.69, 9.17) is 0 Å². The molecule has 1 amide bonds. The molecule has 0 saturated carbocycles. The van der Waals surface area contributed by atoms with Crippen molar-refractivity contribution < 1.29 is 9.59 Å². The highest BCUT2D eigenvalue weighted by Crippen LogP contribution is 2.34. The number of benzene rings is 2. The summed E-state index contributed by atoms with van der Waals surface area (Å²) in [7, 11) is 0. The maximum atomic E-state index is 11.9. The molecule has 0 fully saturated rings. The first-order valence-electron chi connectivity index (χ1n) is 8.01.